The molecule has 0 atom stereocenters. The summed E-state index contributed by atoms with van der Waals surface area (Å²) in [6.45, 7) is 7.91. The molecular formula is C22H23NO5S. The molecule has 0 unspecified atom stereocenters. The molecule has 0 fully saturated rings. The molecule has 3 aromatic rings. The van der Waals surface area contributed by atoms with Crippen LogP contribution in [0, 0.1) is 20.8 Å². The van der Waals surface area contributed by atoms with Crippen LogP contribution >= 0.6 is 11.3 Å². The van der Waals surface area contributed by atoms with Gasteiger partial charge in [-0.1, -0.05) is 18.2 Å². The minimum Gasteiger partial charge on any atom is -0.485 e. The van der Waals surface area contributed by atoms with Crippen LogP contribution in [0.5, 0.6) is 5.75 Å². The second kappa shape index (κ2) is 8.96. The van der Waals surface area contributed by atoms with Crippen molar-refractivity contribution in [1.29, 1.82) is 0 Å². The van der Waals surface area contributed by atoms with Gasteiger partial charge in [0.25, 0.3) is 5.91 Å². The third-order valence-electron chi connectivity index (χ3n) is 4.44. The number of esters is 1. The Bertz CT molecular complexity index is 1030. The summed E-state index contributed by atoms with van der Waals surface area (Å²) in [5.74, 6) is 0.559. The van der Waals surface area contributed by atoms with Crippen molar-refractivity contribution in [3.63, 3.8) is 0 Å². The summed E-state index contributed by atoms with van der Waals surface area (Å²) in [6.07, 6.45) is 0. The van der Waals surface area contributed by atoms with E-state index in [4.69, 9.17) is 13.9 Å². The number of hydrogen-bond acceptors (Lipinski definition) is 6. The Morgan fingerprint density at radius 1 is 1.10 bits per heavy atom. The monoisotopic (exact) mass is 413 g/mol. The zero-order valence-electron chi connectivity index (χ0n) is 16.8. The summed E-state index contributed by atoms with van der Waals surface area (Å²) in [4.78, 5) is 25.8. The topological polar surface area (TPSA) is 77.8 Å². The highest BCUT2D eigenvalue weighted by Gasteiger charge is 2.23. The van der Waals surface area contributed by atoms with Gasteiger partial charge >= 0.3 is 5.97 Å². The van der Waals surface area contributed by atoms with Crippen LogP contribution in [0.3, 0.4) is 0 Å². The van der Waals surface area contributed by atoms with Gasteiger partial charge in [0.05, 0.1) is 12.2 Å². The van der Waals surface area contributed by atoms with Crippen molar-refractivity contribution in [3.8, 4) is 5.75 Å². The maximum Gasteiger partial charge on any atom is 0.341 e. The lowest BCUT2D eigenvalue weighted by Crippen LogP contribution is -2.14. The lowest BCUT2D eigenvalue weighted by atomic mass is 10.1. The van der Waals surface area contributed by atoms with E-state index >= 15 is 0 Å². The van der Waals surface area contributed by atoms with Gasteiger partial charge in [0, 0.05) is 4.88 Å². The first-order chi connectivity index (χ1) is 13.9. The maximum atomic E-state index is 12.6. The minimum absolute atomic E-state index is 0.145. The molecule has 7 heteroatoms. The summed E-state index contributed by atoms with van der Waals surface area (Å²) in [7, 11) is 0. The Balaban J connectivity index is 1.70. The first-order valence-corrected chi connectivity index (χ1v) is 10.1. The number of anilines is 1. The Morgan fingerprint density at radius 3 is 2.59 bits per heavy atom. The van der Waals surface area contributed by atoms with E-state index in [9.17, 15) is 9.59 Å². The highest BCUT2D eigenvalue weighted by molar-refractivity contribution is 7.16. The molecule has 2 aromatic heterocycles. The Kier molecular flexibility index (Phi) is 6.39. The molecule has 0 aliphatic carbocycles. The number of hydrogen-bond donors (Lipinski definition) is 1. The fourth-order valence-corrected chi connectivity index (χ4v) is 3.82. The first kappa shape index (κ1) is 20.7. The van der Waals surface area contributed by atoms with Crippen LogP contribution in [0.4, 0.5) is 5.00 Å². The van der Waals surface area contributed by atoms with Crippen molar-refractivity contribution in [2.75, 3.05) is 11.9 Å². The van der Waals surface area contributed by atoms with Gasteiger partial charge in [-0.25, -0.2) is 4.79 Å². The highest BCUT2D eigenvalue weighted by Crippen LogP contribution is 2.33. The van der Waals surface area contributed by atoms with Gasteiger partial charge in [-0.05, 0) is 57.0 Å². The fourth-order valence-electron chi connectivity index (χ4n) is 2.77. The molecule has 0 radical (unpaired) electrons. The van der Waals surface area contributed by atoms with Crippen molar-refractivity contribution in [3.05, 3.63) is 69.5 Å². The largest absolute Gasteiger partial charge is 0.485 e. The van der Waals surface area contributed by atoms with Gasteiger partial charge in [0.2, 0.25) is 0 Å². The number of benzene rings is 1. The Morgan fingerprint density at radius 2 is 1.86 bits per heavy atom. The van der Waals surface area contributed by atoms with Gasteiger partial charge in [-0.3, -0.25) is 4.79 Å². The number of furan rings is 1. The van der Waals surface area contributed by atoms with Crippen LogP contribution in [-0.4, -0.2) is 18.5 Å². The van der Waals surface area contributed by atoms with E-state index in [0.29, 0.717) is 16.3 Å². The molecule has 1 amide bonds. The van der Waals surface area contributed by atoms with Gasteiger partial charge in [0.1, 0.15) is 23.1 Å². The predicted octanol–water partition coefficient (Wildman–Crippen LogP) is 5.27. The molecular weight excluding hydrogens is 390 g/mol. The SMILES string of the molecule is CCOC(=O)c1c(NC(=O)c2ccc(COc3ccccc3C)o2)sc(C)c1C. The number of thiophene rings is 1. The number of ether oxygens (including phenoxy) is 2. The molecule has 1 N–H and O–H groups in total. The van der Waals surface area contributed by atoms with Crippen LogP contribution in [0.1, 0.15) is 49.6 Å². The first-order valence-electron chi connectivity index (χ1n) is 9.26. The van der Waals surface area contributed by atoms with Crippen molar-refractivity contribution in [1.82, 2.24) is 0 Å². The second-order valence-corrected chi connectivity index (χ2v) is 7.71. The number of nitrogens with one attached hydrogen (secondary N) is 1. The molecule has 1 aromatic carbocycles. The van der Waals surface area contributed by atoms with Gasteiger partial charge in [0.15, 0.2) is 5.76 Å². The highest BCUT2D eigenvalue weighted by atomic mass is 32.1. The number of carbonyl (C=O) groups excluding carboxylic acids is 2. The molecule has 0 aliphatic rings. The average Bonchev–Trinajstić information content (AvgIpc) is 3.26. The number of amides is 1. The number of para-hydroxylation sites is 1. The number of aryl methyl sites for hydroxylation is 2. The Labute approximate surface area is 173 Å². The molecule has 6 nitrogen and oxygen atoms in total. The molecule has 0 saturated heterocycles. The number of rotatable bonds is 7. The van der Waals surface area contributed by atoms with E-state index in [1.165, 1.54) is 11.3 Å². The summed E-state index contributed by atoms with van der Waals surface area (Å²) < 4.78 is 16.5. The molecule has 0 aliphatic heterocycles. The van der Waals surface area contributed by atoms with E-state index in [2.05, 4.69) is 5.32 Å². The number of carbonyl (C=O) groups is 2. The molecule has 0 bridgehead atoms. The summed E-state index contributed by atoms with van der Waals surface area (Å²) >= 11 is 1.33. The van der Waals surface area contributed by atoms with E-state index in [0.717, 1.165) is 21.8 Å². The van der Waals surface area contributed by atoms with Crippen LogP contribution in [0.25, 0.3) is 0 Å². The standard InChI is InChI=1S/C22H23NO5S/c1-5-26-22(25)19-14(3)15(4)29-21(19)23-20(24)18-11-10-16(28-18)12-27-17-9-7-6-8-13(17)2/h6-11H,5,12H2,1-4H3,(H,23,24). The quantitative estimate of drug-likeness (QED) is 0.534. The predicted molar refractivity (Wildman–Crippen MR) is 112 cm³/mol. The van der Waals surface area contributed by atoms with Crippen LogP contribution in [-0.2, 0) is 11.3 Å². The summed E-state index contributed by atoms with van der Waals surface area (Å²) in [5, 5.41) is 3.22. The molecule has 3 rings (SSSR count). The lowest BCUT2D eigenvalue weighted by Gasteiger charge is -2.07. The smallest absolute Gasteiger partial charge is 0.341 e. The maximum absolute atomic E-state index is 12.6. The van der Waals surface area contributed by atoms with Crippen LogP contribution in [0.2, 0.25) is 0 Å². The third-order valence-corrected chi connectivity index (χ3v) is 5.56. The van der Waals surface area contributed by atoms with Gasteiger partial charge < -0.3 is 19.2 Å². The van der Waals surface area contributed by atoms with Crippen LogP contribution in [0.15, 0.2) is 40.8 Å². The second-order valence-electron chi connectivity index (χ2n) is 6.48. The normalized spacial score (nSPS) is 10.6. The Hall–Kier alpha value is -3.06. The average molecular weight is 413 g/mol. The van der Waals surface area contributed by atoms with Crippen LogP contribution < -0.4 is 10.1 Å². The zero-order chi connectivity index (χ0) is 21.0. The fraction of sp³-hybridized carbons (Fsp3) is 0.273. The van der Waals surface area contributed by atoms with E-state index < -0.39 is 11.9 Å². The van der Waals surface area contributed by atoms with Crippen molar-refractivity contribution in [2.45, 2.75) is 34.3 Å². The van der Waals surface area contributed by atoms with E-state index in [1.807, 2.05) is 45.0 Å². The van der Waals surface area contributed by atoms with Gasteiger partial charge in [-0.2, -0.15) is 0 Å². The molecule has 0 saturated carbocycles. The summed E-state index contributed by atoms with van der Waals surface area (Å²) in [5.41, 5.74) is 2.21. The molecule has 0 spiro atoms. The van der Waals surface area contributed by atoms with Crippen molar-refractivity contribution >= 4 is 28.2 Å². The minimum atomic E-state index is -0.448. The molecule has 29 heavy (non-hydrogen) atoms. The molecule has 2 heterocycles. The molecule has 152 valence electrons. The van der Waals surface area contributed by atoms with E-state index in [1.54, 1.807) is 19.1 Å². The van der Waals surface area contributed by atoms with Crippen molar-refractivity contribution < 1.29 is 23.5 Å². The zero-order valence-corrected chi connectivity index (χ0v) is 17.6. The van der Waals surface area contributed by atoms with E-state index in [-0.39, 0.29) is 19.0 Å². The van der Waals surface area contributed by atoms with Crippen molar-refractivity contribution in [2.24, 2.45) is 0 Å². The third kappa shape index (κ3) is 4.68. The summed E-state index contributed by atoms with van der Waals surface area (Å²) in [6, 6.07) is 11.0. The lowest BCUT2D eigenvalue weighted by molar-refractivity contribution is 0.0527. The van der Waals surface area contributed by atoms with Gasteiger partial charge in [-0.15, -0.1) is 11.3 Å².